The lowest BCUT2D eigenvalue weighted by atomic mass is 9.87. The maximum absolute atomic E-state index is 11.4. The average Bonchev–Trinajstić information content (AvgIpc) is 2.48. The molecule has 0 radical (unpaired) electrons. The van der Waals surface area contributed by atoms with Crippen LogP contribution in [0.25, 0.3) is 0 Å². The van der Waals surface area contributed by atoms with E-state index in [9.17, 15) is 4.79 Å². The minimum absolute atomic E-state index is 0.0231. The molecular formula is C17H16O3. The van der Waals surface area contributed by atoms with Crippen LogP contribution in [0.15, 0.2) is 54.6 Å². The van der Waals surface area contributed by atoms with Crippen molar-refractivity contribution in [2.45, 2.75) is 18.9 Å². The molecule has 3 heteroatoms. The smallest absolute Gasteiger partial charge is 0.303 e. The lowest BCUT2D eigenvalue weighted by Crippen LogP contribution is -2.27. The summed E-state index contributed by atoms with van der Waals surface area (Å²) < 4.78 is 11.4. The molecule has 2 aromatic rings. The Morgan fingerprint density at radius 3 is 2.55 bits per heavy atom. The average molecular weight is 268 g/mol. The summed E-state index contributed by atoms with van der Waals surface area (Å²) in [6.07, 6.45) is -0.292. The number of carbonyl (C=O) groups excluding carboxylic acids is 1. The molecule has 0 fully saturated rings. The number of carbonyl (C=O) groups is 1. The fraction of sp³-hybridized carbons (Fsp3) is 0.235. The molecular weight excluding hydrogens is 252 g/mol. The number of esters is 1. The van der Waals surface area contributed by atoms with Crippen molar-refractivity contribution >= 4 is 5.97 Å². The highest BCUT2D eigenvalue weighted by Crippen LogP contribution is 2.42. The molecule has 0 saturated heterocycles. The van der Waals surface area contributed by atoms with Crippen LogP contribution in [-0.4, -0.2) is 12.6 Å². The van der Waals surface area contributed by atoms with Gasteiger partial charge in [-0.3, -0.25) is 4.79 Å². The van der Waals surface area contributed by atoms with Crippen LogP contribution in [0.2, 0.25) is 0 Å². The monoisotopic (exact) mass is 268 g/mol. The van der Waals surface area contributed by atoms with Crippen molar-refractivity contribution in [1.29, 1.82) is 0 Å². The minimum Gasteiger partial charge on any atom is -0.492 e. The Morgan fingerprint density at radius 1 is 1.10 bits per heavy atom. The first-order valence-electron chi connectivity index (χ1n) is 6.69. The van der Waals surface area contributed by atoms with E-state index in [0.29, 0.717) is 6.61 Å². The molecule has 1 heterocycles. The molecule has 0 bridgehead atoms. The van der Waals surface area contributed by atoms with Gasteiger partial charge in [0, 0.05) is 12.5 Å². The van der Waals surface area contributed by atoms with Gasteiger partial charge in [0.15, 0.2) is 0 Å². The summed E-state index contributed by atoms with van der Waals surface area (Å²) in [6.45, 7) is 1.96. The van der Waals surface area contributed by atoms with Gasteiger partial charge in [-0.15, -0.1) is 0 Å². The summed E-state index contributed by atoms with van der Waals surface area (Å²) in [7, 11) is 0. The zero-order chi connectivity index (χ0) is 13.9. The van der Waals surface area contributed by atoms with Gasteiger partial charge in [-0.1, -0.05) is 48.5 Å². The van der Waals surface area contributed by atoms with Crippen LogP contribution in [0.3, 0.4) is 0 Å². The summed E-state index contributed by atoms with van der Waals surface area (Å²) >= 11 is 0. The highest BCUT2D eigenvalue weighted by molar-refractivity contribution is 5.66. The van der Waals surface area contributed by atoms with Crippen molar-refractivity contribution in [3.63, 3.8) is 0 Å². The molecule has 0 N–H and O–H groups in total. The van der Waals surface area contributed by atoms with E-state index in [1.165, 1.54) is 6.92 Å². The zero-order valence-electron chi connectivity index (χ0n) is 11.3. The summed E-state index contributed by atoms with van der Waals surface area (Å²) in [6, 6.07) is 17.8. The van der Waals surface area contributed by atoms with Crippen molar-refractivity contribution in [3.8, 4) is 5.75 Å². The summed E-state index contributed by atoms with van der Waals surface area (Å²) in [5, 5.41) is 0. The highest BCUT2D eigenvalue weighted by atomic mass is 16.6. The number of hydrogen-bond donors (Lipinski definition) is 0. The Balaban J connectivity index is 2.01. The lowest BCUT2D eigenvalue weighted by molar-refractivity contribution is -0.149. The molecule has 0 aliphatic carbocycles. The van der Waals surface area contributed by atoms with E-state index in [2.05, 4.69) is 0 Å². The Hall–Kier alpha value is -2.29. The largest absolute Gasteiger partial charge is 0.492 e. The molecule has 0 unspecified atom stereocenters. The quantitative estimate of drug-likeness (QED) is 0.782. The summed E-state index contributed by atoms with van der Waals surface area (Å²) in [5.74, 6) is 0.550. The third-order valence-corrected chi connectivity index (χ3v) is 3.53. The van der Waals surface area contributed by atoms with Gasteiger partial charge < -0.3 is 9.47 Å². The second-order valence-corrected chi connectivity index (χ2v) is 4.90. The Bertz CT molecular complexity index is 607. The second-order valence-electron chi connectivity index (χ2n) is 4.90. The molecule has 1 aliphatic rings. The second kappa shape index (κ2) is 5.37. The van der Waals surface area contributed by atoms with Gasteiger partial charge in [0.1, 0.15) is 11.9 Å². The van der Waals surface area contributed by atoms with Crippen LogP contribution < -0.4 is 4.74 Å². The number of rotatable bonds is 2. The van der Waals surface area contributed by atoms with E-state index in [-0.39, 0.29) is 18.0 Å². The summed E-state index contributed by atoms with van der Waals surface area (Å²) in [5.41, 5.74) is 2.05. The maximum atomic E-state index is 11.4. The van der Waals surface area contributed by atoms with Crippen LogP contribution in [0.4, 0.5) is 0 Å². The number of fused-ring (bicyclic) bond motifs is 1. The molecule has 3 rings (SSSR count). The molecule has 20 heavy (non-hydrogen) atoms. The van der Waals surface area contributed by atoms with E-state index < -0.39 is 0 Å². The van der Waals surface area contributed by atoms with E-state index in [4.69, 9.17) is 9.47 Å². The minimum atomic E-state index is -0.292. The topological polar surface area (TPSA) is 35.5 Å². The Kier molecular flexibility index (Phi) is 3.42. The van der Waals surface area contributed by atoms with Gasteiger partial charge in [0.05, 0.1) is 12.5 Å². The van der Waals surface area contributed by atoms with Crippen molar-refractivity contribution in [1.82, 2.24) is 0 Å². The van der Waals surface area contributed by atoms with E-state index in [0.717, 1.165) is 16.9 Å². The van der Waals surface area contributed by atoms with Crippen LogP contribution >= 0.6 is 0 Å². The van der Waals surface area contributed by atoms with Gasteiger partial charge in [-0.05, 0) is 11.6 Å². The van der Waals surface area contributed by atoms with Crippen molar-refractivity contribution in [3.05, 3.63) is 65.7 Å². The molecule has 1 aliphatic heterocycles. The first-order chi connectivity index (χ1) is 9.75. The van der Waals surface area contributed by atoms with Gasteiger partial charge in [-0.2, -0.15) is 0 Å². The SMILES string of the molecule is CC(=O)O[C@@H]1c2ccccc2OC[C@H]1c1ccccc1. The molecule has 3 nitrogen and oxygen atoms in total. The maximum Gasteiger partial charge on any atom is 0.303 e. The Morgan fingerprint density at radius 2 is 1.80 bits per heavy atom. The standard InChI is InChI=1S/C17H16O3/c1-12(18)20-17-14-9-5-6-10-16(14)19-11-15(17)13-7-3-2-4-8-13/h2-10,15,17H,11H2,1H3/t15-,17+/m0/s1. The molecule has 2 aromatic carbocycles. The molecule has 102 valence electrons. The number of hydrogen-bond acceptors (Lipinski definition) is 3. The highest BCUT2D eigenvalue weighted by Gasteiger charge is 2.34. The molecule has 0 aromatic heterocycles. The third-order valence-electron chi connectivity index (χ3n) is 3.53. The fourth-order valence-electron chi connectivity index (χ4n) is 2.63. The van der Waals surface area contributed by atoms with Gasteiger partial charge in [0.25, 0.3) is 0 Å². The third kappa shape index (κ3) is 2.39. The van der Waals surface area contributed by atoms with Crippen LogP contribution in [-0.2, 0) is 9.53 Å². The lowest BCUT2D eigenvalue weighted by Gasteiger charge is -2.33. The molecule has 0 amide bonds. The predicted molar refractivity (Wildman–Crippen MR) is 75.6 cm³/mol. The first kappa shape index (κ1) is 12.7. The predicted octanol–water partition coefficient (Wildman–Crippen LogP) is 3.47. The van der Waals surface area contributed by atoms with Crippen LogP contribution in [0.1, 0.15) is 30.1 Å². The molecule has 0 saturated carbocycles. The van der Waals surface area contributed by atoms with E-state index in [1.807, 2.05) is 54.6 Å². The number of para-hydroxylation sites is 1. The fourth-order valence-corrected chi connectivity index (χ4v) is 2.63. The zero-order valence-corrected chi connectivity index (χ0v) is 11.3. The Labute approximate surface area is 118 Å². The first-order valence-corrected chi connectivity index (χ1v) is 6.69. The van der Waals surface area contributed by atoms with Gasteiger partial charge >= 0.3 is 5.97 Å². The van der Waals surface area contributed by atoms with Crippen LogP contribution in [0, 0.1) is 0 Å². The van der Waals surface area contributed by atoms with Crippen LogP contribution in [0.5, 0.6) is 5.75 Å². The normalized spacial score (nSPS) is 20.6. The van der Waals surface area contributed by atoms with E-state index in [1.54, 1.807) is 0 Å². The van der Waals surface area contributed by atoms with Crippen molar-refractivity contribution in [2.24, 2.45) is 0 Å². The number of ether oxygens (including phenoxy) is 2. The number of benzene rings is 2. The van der Waals surface area contributed by atoms with E-state index >= 15 is 0 Å². The van der Waals surface area contributed by atoms with Gasteiger partial charge in [0.2, 0.25) is 0 Å². The van der Waals surface area contributed by atoms with Gasteiger partial charge in [-0.25, -0.2) is 0 Å². The molecule has 0 spiro atoms. The summed E-state index contributed by atoms with van der Waals surface area (Å²) in [4.78, 5) is 11.4. The van der Waals surface area contributed by atoms with Crippen molar-refractivity contribution < 1.29 is 14.3 Å². The van der Waals surface area contributed by atoms with Crippen molar-refractivity contribution in [2.75, 3.05) is 6.61 Å². The molecule has 2 atom stereocenters.